The summed E-state index contributed by atoms with van der Waals surface area (Å²) < 4.78 is 14.0. The third-order valence-electron chi connectivity index (χ3n) is 4.93. The quantitative estimate of drug-likeness (QED) is 0.793. The molecule has 2 saturated heterocycles. The SMILES string of the molecule is Cl.O=C(c1cc(F)ccc1Br)N1CCC2(CCNCC2)CC1. The van der Waals surface area contributed by atoms with Crippen molar-refractivity contribution >= 4 is 34.2 Å². The van der Waals surface area contributed by atoms with E-state index in [1.165, 1.54) is 25.0 Å². The molecule has 0 atom stereocenters. The number of rotatable bonds is 1. The minimum Gasteiger partial charge on any atom is -0.339 e. The lowest BCUT2D eigenvalue weighted by Crippen LogP contribution is -2.47. The fraction of sp³-hybridized carbons (Fsp3) is 0.562. The smallest absolute Gasteiger partial charge is 0.255 e. The van der Waals surface area contributed by atoms with Crippen molar-refractivity contribution in [2.75, 3.05) is 26.2 Å². The van der Waals surface area contributed by atoms with E-state index in [1.54, 1.807) is 6.07 Å². The number of likely N-dealkylation sites (tertiary alicyclic amines) is 1. The van der Waals surface area contributed by atoms with Crippen LogP contribution in [0.5, 0.6) is 0 Å². The number of piperidine rings is 2. The summed E-state index contributed by atoms with van der Waals surface area (Å²) in [7, 11) is 0. The molecular formula is C16H21BrClFN2O. The van der Waals surface area contributed by atoms with Crippen LogP contribution in [-0.2, 0) is 0 Å². The Morgan fingerprint density at radius 1 is 1.18 bits per heavy atom. The first-order chi connectivity index (χ1) is 10.1. The second kappa shape index (κ2) is 7.28. The number of hydrogen-bond acceptors (Lipinski definition) is 2. The topological polar surface area (TPSA) is 32.3 Å². The highest BCUT2D eigenvalue weighted by atomic mass is 79.9. The van der Waals surface area contributed by atoms with E-state index < -0.39 is 0 Å². The first kappa shape index (κ1) is 17.7. The van der Waals surface area contributed by atoms with Crippen molar-refractivity contribution in [3.05, 3.63) is 34.1 Å². The summed E-state index contributed by atoms with van der Waals surface area (Å²) in [5, 5.41) is 3.40. The number of carbonyl (C=O) groups is 1. The zero-order valence-electron chi connectivity index (χ0n) is 12.4. The van der Waals surface area contributed by atoms with Crippen molar-refractivity contribution in [3.8, 4) is 0 Å². The Morgan fingerprint density at radius 3 is 2.45 bits per heavy atom. The highest BCUT2D eigenvalue weighted by Gasteiger charge is 2.37. The second-order valence-corrected chi connectivity index (χ2v) is 7.02. The molecule has 0 bridgehead atoms. The van der Waals surface area contributed by atoms with Crippen LogP contribution in [0, 0.1) is 11.2 Å². The monoisotopic (exact) mass is 390 g/mol. The number of benzene rings is 1. The van der Waals surface area contributed by atoms with Crippen LogP contribution in [0.1, 0.15) is 36.0 Å². The van der Waals surface area contributed by atoms with E-state index in [2.05, 4.69) is 21.2 Å². The number of hydrogen-bond donors (Lipinski definition) is 1. The third kappa shape index (κ3) is 3.63. The number of amides is 1. The Hall–Kier alpha value is -0.650. The van der Waals surface area contributed by atoms with E-state index >= 15 is 0 Å². The van der Waals surface area contributed by atoms with Crippen LogP contribution in [0.3, 0.4) is 0 Å². The van der Waals surface area contributed by atoms with Gasteiger partial charge in [-0.25, -0.2) is 4.39 Å². The van der Waals surface area contributed by atoms with Gasteiger partial charge in [0.05, 0.1) is 5.56 Å². The predicted octanol–water partition coefficient (Wildman–Crippen LogP) is 3.62. The molecule has 1 spiro atoms. The zero-order chi connectivity index (χ0) is 14.9. The van der Waals surface area contributed by atoms with Gasteiger partial charge in [0.1, 0.15) is 5.82 Å². The third-order valence-corrected chi connectivity index (χ3v) is 5.63. The lowest BCUT2D eigenvalue weighted by atomic mass is 9.71. The van der Waals surface area contributed by atoms with E-state index in [0.29, 0.717) is 15.5 Å². The number of carbonyl (C=O) groups excluding carboxylic acids is 1. The van der Waals surface area contributed by atoms with Crippen LogP contribution in [0.15, 0.2) is 22.7 Å². The van der Waals surface area contributed by atoms with Crippen LogP contribution in [0.2, 0.25) is 0 Å². The summed E-state index contributed by atoms with van der Waals surface area (Å²) in [4.78, 5) is 14.4. The second-order valence-electron chi connectivity index (χ2n) is 6.17. The Labute approximate surface area is 145 Å². The van der Waals surface area contributed by atoms with Gasteiger partial charge in [-0.3, -0.25) is 4.79 Å². The molecular weight excluding hydrogens is 371 g/mol. The molecule has 1 aromatic rings. The Bertz CT molecular complexity index is 539. The molecule has 0 saturated carbocycles. The first-order valence-electron chi connectivity index (χ1n) is 7.55. The fourth-order valence-electron chi connectivity index (χ4n) is 3.47. The Kier molecular flexibility index (Phi) is 5.86. The van der Waals surface area contributed by atoms with Gasteiger partial charge in [-0.05, 0) is 78.3 Å². The zero-order valence-corrected chi connectivity index (χ0v) is 14.8. The molecule has 1 N–H and O–H groups in total. The van der Waals surface area contributed by atoms with Crippen molar-refractivity contribution in [2.24, 2.45) is 5.41 Å². The van der Waals surface area contributed by atoms with Gasteiger partial charge in [0.2, 0.25) is 0 Å². The average molecular weight is 392 g/mol. The van der Waals surface area contributed by atoms with Gasteiger partial charge in [-0.1, -0.05) is 0 Å². The van der Waals surface area contributed by atoms with Crippen LogP contribution in [0.4, 0.5) is 4.39 Å². The average Bonchev–Trinajstić information content (AvgIpc) is 2.51. The molecule has 122 valence electrons. The number of halogens is 3. The van der Waals surface area contributed by atoms with Crippen LogP contribution in [0.25, 0.3) is 0 Å². The van der Waals surface area contributed by atoms with Gasteiger partial charge in [-0.15, -0.1) is 12.4 Å². The lowest BCUT2D eigenvalue weighted by Gasteiger charge is -2.44. The summed E-state index contributed by atoms with van der Waals surface area (Å²) in [6.07, 6.45) is 4.54. The molecule has 1 amide bonds. The molecule has 6 heteroatoms. The van der Waals surface area contributed by atoms with Gasteiger partial charge in [0, 0.05) is 17.6 Å². The van der Waals surface area contributed by atoms with E-state index in [4.69, 9.17) is 0 Å². The van der Waals surface area contributed by atoms with Crippen LogP contribution in [-0.4, -0.2) is 37.0 Å². The van der Waals surface area contributed by atoms with E-state index in [1.807, 2.05) is 4.90 Å². The summed E-state index contributed by atoms with van der Waals surface area (Å²) in [5.74, 6) is -0.432. The molecule has 1 aromatic carbocycles. The molecule has 0 aromatic heterocycles. The summed E-state index contributed by atoms with van der Waals surface area (Å²) in [6.45, 7) is 3.73. The molecule has 0 unspecified atom stereocenters. The molecule has 3 nitrogen and oxygen atoms in total. The van der Waals surface area contributed by atoms with Crippen LogP contribution >= 0.6 is 28.3 Å². The Morgan fingerprint density at radius 2 is 1.82 bits per heavy atom. The summed E-state index contributed by atoms with van der Waals surface area (Å²) in [5.41, 5.74) is 0.845. The normalized spacial score (nSPS) is 20.5. The van der Waals surface area contributed by atoms with Gasteiger partial charge < -0.3 is 10.2 Å². The maximum absolute atomic E-state index is 13.4. The largest absolute Gasteiger partial charge is 0.339 e. The maximum atomic E-state index is 13.4. The Balaban J connectivity index is 0.00000176. The standard InChI is InChI=1S/C16H20BrFN2O.ClH/c17-14-2-1-12(18)11-13(14)15(21)20-9-5-16(6-10-20)3-7-19-8-4-16;/h1-2,11,19H,3-10H2;1H. The highest BCUT2D eigenvalue weighted by Crippen LogP contribution is 2.39. The molecule has 3 rings (SSSR count). The number of nitrogens with one attached hydrogen (secondary N) is 1. The van der Waals surface area contributed by atoms with E-state index in [-0.39, 0.29) is 24.1 Å². The molecule has 0 radical (unpaired) electrons. The van der Waals surface area contributed by atoms with E-state index in [9.17, 15) is 9.18 Å². The molecule has 22 heavy (non-hydrogen) atoms. The summed E-state index contributed by atoms with van der Waals surface area (Å²) in [6, 6.07) is 4.28. The van der Waals surface area contributed by atoms with Gasteiger partial charge in [0.15, 0.2) is 0 Å². The van der Waals surface area contributed by atoms with Crippen molar-refractivity contribution in [2.45, 2.75) is 25.7 Å². The molecule has 2 aliphatic heterocycles. The lowest BCUT2D eigenvalue weighted by molar-refractivity contribution is 0.0494. The molecule has 0 aliphatic carbocycles. The molecule has 2 heterocycles. The van der Waals surface area contributed by atoms with E-state index in [0.717, 1.165) is 39.0 Å². The summed E-state index contributed by atoms with van der Waals surface area (Å²) >= 11 is 3.35. The minimum absolute atomic E-state index is 0. The maximum Gasteiger partial charge on any atom is 0.255 e. The van der Waals surface area contributed by atoms with Crippen molar-refractivity contribution in [3.63, 3.8) is 0 Å². The van der Waals surface area contributed by atoms with Gasteiger partial charge >= 0.3 is 0 Å². The van der Waals surface area contributed by atoms with Gasteiger partial charge in [-0.2, -0.15) is 0 Å². The molecule has 2 fully saturated rings. The van der Waals surface area contributed by atoms with Crippen molar-refractivity contribution < 1.29 is 9.18 Å². The first-order valence-corrected chi connectivity index (χ1v) is 8.34. The van der Waals surface area contributed by atoms with Crippen molar-refractivity contribution in [1.82, 2.24) is 10.2 Å². The van der Waals surface area contributed by atoms with Gasteiger partial charge in [0.25, 0.3) is 5.91 Å². The fourth-order valence-corrected chi connectivity index (χ4v) is 3.89. The van der Waals surface area contributed by atoms with Crippen LogP contribution < -0.4 is 5.32 Å². The number of nitrogens with zero attached hydrogens (tertiary/aromatic N) is 1. The molecule has 2 aliphatic rings. The predicted molar refractivity (Wildman–Crippen MR) is 91.0 cm³/mol. The van der Waals surface area contributed by atoms with Crippen molar-refractivity contribution in [1.29, 1.82) is 0 Å². The minimum atomic E-state index is -0.367. The highest BCUT2D eigenvalue weighted by molar-refractivity contribution is 9.10.